The van der Waals surface area contributed by atoms with E-state index in [-0.39, 0.29) is 6.42 Å². The lowest BCUT2D eigenvalue weighted by Gasteiger charge is -2.10. The standard InChI is InChI=1S/C15H18N2O3/c1-10-15(11(2)17(3)16-10)20-9-13-7-5-4-6-12(13)8-14(18)19/h4-7H,8-9H2,1-3H3,(H,18,19). The number of aryl methyl sites for hydroxylation is 2. The Balaban J connectivity index is 2.17. The molecule has 1 heterocycles. The fourth-order valence-electron chi connectivity index (χ4n) is 2.15. The number of carbonyl (C=O) groups is 1. The van der Waals surface area contributed by atoms with Gasteiger partial charge in [0.15, 0.2) is 5.75 Å². The SMILES string of the molecule is Cc1nn(C)c(C)c1OCc1ccccc1CC(=O)O. The lowest BCUT2D eigenvalue weighted by Crippen LogP contribution is -2.06. The van der Waals surface area contributed by atoms with E-state index < -0.39 is 5.97 Å². The summed E-state index contributed by atoms with van der Waals surface area (Å²) in [6.45, 7) is 4.18. The fraction of sp³-hybridized carbons (Fsp3) is 0.333. The molecule has 5 nitrogen and oxygen atoms in total. The van der Waals surface area contributed by atoms with Crippen molar-refractivity contribution in [1.82, 2.24) is 9.78 Å². The summed E-state index contributed by atoms with van der Waals surface area (Å²) in [4.78, 5) is 10.9. The lowest BCUT2D eigenvalue weighted by molar-refractivity contribution is -0.136. The Morgan fingerprint density at radius 2 is 1.95 bits per heavy atom. The Labute approximate surface area is 117 Å². The first-order valence-corrected chi connectivity index (χ1v) is 6.40. The summed E-state index contributed by atoms with van der Waals surface area (Å²) in [5.74, 6) is -0.0798. The minimum Gasteiger partial charge on any atom is -0.485 e. The molecule has 1 aromatic heterocycles. The van der Waals surface area contributed by atoms with E-state index in [2.05, 4.69) is 5.10 Å². The molecule has 2 rings (SSSR count). The van der Waals surface area contributed by atoms with Crippen molar-refractivity contribution in [1.29, 1.82) is 0 Å². The van der Waals surface area contributed by atoms with Crippen molar-refractivity contribution in [3.63, 3.8) is 0 Å². The molecule has 0 fully saturated rings. The van der Waals surface area contributed by atoms with E-state index in [1.807, 2.05) is 45.2 Å². The number of benzene rings is 1. The van der Waals surface area contributed by atoms with Gasteiger partial charge in [0.1, 0.15) is 12.3 Å². The van der Waals surface area contributed by atoms with Crippen LogP contribution in [-0.4, -0.2) is 20.9 Å². The number of aliphatic carboxylic acids is 1. The number of hydrogen-bond acceptors (Lipinski definition) is 3. The van der Waals surface area contributed by atoms with Crippen molar-refractivity contribution in [3.05, 3.63) is 46.8 Å². The van der Waals surface area contributed by atoms with Gasteiger partial charge in [0, 0.05) is 7.05 Å². The quantitative estimate of drug-likeness (QED) is 0.908. The van der Waals surface area contributed by atoms with Crippen LogP contribution < -0.4 is 4.74 Å². The van der Waals surface area contributed by atoms with Crippen LogP contribution in [0.2, 0.25) is 0 Å². The predicted molar refractivity (Wildman–Crippen MR) is 74.8 cm³/mol. The maximum atomic E-state index is 10.9. The molecule has 0 spiro atoms. The molecule has 0 aliphatic rings. The number of rotatable bonds is 5. The molecule has 0 saturated carbocycles. The smallest absolute Gasteiger partial charge is 0.307 e. The molecule has 0 aliphatic carbocycles. The van der Waals surface area contributed by atoms with Gasteiger partial charge in [-0.05, 0) is 25.0 Å². The molecular weight excluding hydrogens is 256 g/mol. The maximum absolute atomic E-state index is 10.9. The Kier molecular flexibility index (Phi) is 4.08. The minimum atomic E-state index is -0.841. The zero-order valence-corrected chi connectivity index (χ0v) is 11.9. The highest BCUT2D eigenvalue weighted by molar-refractivity contribution is 5.70. The largest absolute Gasteiger partial charge is 0.485 e. The second-order valence-corrected chi connectivity index (χ2v) is 4.75. The molecule has 0 saturated heterocycles. The van der Waals surface area contributed by atoms with E-state index in [4.69, 9.17) is 9.84 Å². The summed E-state index contributed by atoms with van der Waals surface area (Å²) >= 11 is 0. The van der Waals surface area contributed by atoms with Gasteiger partial charge < -0.3 is 9.84 Å². The van der Waals surface area contributed by atoms with Crippen LogP contribution in [-0.2, 0) is 24.9 Å². The minimum absolute atomic E-state index is 0.00450. The molecule has 5 heteroatoms. The molecule has 20 heavy (non-hydrogen) atoms. The highest BCUT2D eigenvalue weighted by Crippen LogP contribution is 2.23. The zero-order valence-electron chi connectivity index (χ0n) is 11.9. The first-order chi connectivity index (χ1) is 9.49. The van der Waals surface area contributed by atoms with Gasteiger partial charge in [-0.25, -0.2) is 0 Å². The monoisotopic (exact) mass is 274 g/mol. The summed E-state index contributed by atoms with van der Waals surface area (Å²) in [7, 11) is 1.87. The van der Waals surface area contributed by atoms with Crippen molar-refractivity contribution in [2.75, 3.05) is 0 Å². The van der Waals surface area contributed by atoms with Crippen molar-refractivity contribution < 1.29 is 14.6 Å². The van der Waals surface area contributed by atoms with E-state index in [0.29, 0.717) is 6.61 Å². The van der Waals surface area contributed by atoms with Crippen molar-refractivity contribution in [2.24, 2.45) is 7.05 Å². The van der Waals surface area contributed by atoms with Crippen molar-refractivity contribution in [3.8, 4) is 5.75 Å². The Hall–Kier alpha value is -2.30. The summed E-state index contributed by atoms with van der Waals surface area (Å²) in [5, 5.41) is 13.2. The molecule has 1 N–H and O–H groups in total. The van der Waals surface area contributed by atoms with Gasteiger partial charge in [-0.3, -0.25) is 9.48 Å². The van der Waals surface area contributed by atoms with Gasteiger partial charge in [-0.15, -0.1) is 0 Å². The lowest BCUT2D eigenvalue weighted by atomic mass is 10.1. The van der Waals surface area contributed by atoms with Crippen LogP contribution in [0.25, 0.3) is 0 Å². The van der Waals surface area contributed by atoms with Crippen LogP contribution >= 0.6 is 0 Å². The topological polar surface area (TPSA) is 64.4 Å². The van der Waals surface area contributed by atoms with Crippen LogP contribution in [0.5, 0.6) is 5.75 Å². The summed E-state index contributed by atoms with van der Waals surface area (Å²) in [6, 6.07) is 7.42. The molecule has 1 aromatic carbocycles. The van der Waals surface area contributed by atoms with Crippen LogP contribution in [0.1, 0.15) is 22.5 Å². The van der Waals surface area contributed by atoms with Gasteiger partial charge in [0.25, 0.3) is 0 Å². The maximum Gasteiger partial charge on any atom is 0.307 e. The molecule has 0 bridgehead atoms. The third-order valence-corrected chi connectivity index (χ3v) is 3.27. The van der Waals surface area contributed by atoms with Gasteiger partial charge in [-0.2, -0.15) is 5.10 Å². The molecule has 0 atom stereocenters. The second kappa shape index (κ2) is 5.77. The molecule has 0 radical (unpaired) electrons. The number of nitrogens with zero attached hydrogens (tertiary/aromatic N) is 2. The average Bonchev–Trinajstić information content (AvgIpc) is 2.62. The van der Waals surface area contributed by atoms with Gasteiger partial charge in [0.2, 0.25) is 0 Å². The first kappa shape index (κ1) is 14.1. The molecule has 0 aliphatic heterocycles. The van der Waals surface area contributed by atoms with Crippen molar-refractivity contribution >= 4 is 5.97 Å². The third-order valence-electron chi connectivity index (χ3n) is 3.27. The van der Waals surface area contributed by atoms with E-state index in [1.54, 1.807) is 4.68 Å². The fourth-order valence-corrected chi connectivity index (χ4v) is 2.15. The second-order valence-electron chi connectivity index (χ2n) is 4.75. The zero-order chi connectivity index (χ0) is 14.7. The predicted octanol–water partition coefficient (Wildman–Crippen LogP) is 2.24. The summed E-state index contributed by atoms with van der Waals surface area (Å²) in [6.07, 6.45) is 0.00450. The Morgan fingerprint density at radius 3 is 2.50 bits per heavy atom. The van der Waals surface area contributed by atoms with Crippen LogP contribution in [0.3, 0.4) is 0 Å². The van der Waals surface area contributed by atoms with E-state index in [0.717, 1.165) is 28.3 Å². The summed E-state index contributed by atoms with van der Waals surface area (Å²) < 4.78 is 7.59. The highest BCUT2D eigenvalue weighted by Gasteiger charge is 2.12. The third kappa shape index (κ3) is 2.99. The molecule has 0 amide bonds. The van der Waals surface area contributed by atoms with Gasteiger partial charge >= 0.3 is 5.97 Å². The first-order valence-electron chi connectivity index (χ1n) is 6.40. The number of aromatic nitrogens is 2. The van der Waals surface area contributed by atoms with Gasteiger partial charge in [0.05, 0.1) is 12.1 Å². The molecule has 0 unspecified atom stereocenters. The Morgan fingerprint density at radius 1 is 1.30 bits per heavy atom. The van der Waals surface area contributed by atoms with E-state index >= 15 is 0 Å². The highest BCUT2D eigenvalue weighted by atomic mass is 16.5. The van der Waals surface area contributed by atoms with E-state index in [1.165, 1.54) is 0 Å². The molecule has 106 valence electrons. The van der Waals surface area contributed by atoms with Crippen molar-refractivity contribution in [2.45, 2.75) is 26.9 Å². The summed E-state index contributed by atoms with van der Waals surface area (Å²) in [5.41, 5.74) is 3.45. The number of ether oxygens (including phenoxy) is 1. The number of carboxylic acids is 1. The van der Waals surface area contributed by atoms with Crippen LogP contribution in [0, 0.1) is 13.8 Å². The average molecular weight is 274 g/mol. The van der Waals surface area contributed by atoms with Crippen LogP contribution in [0.15, 0.2) is 24.3 Å². The number of carboxylic acid groups (broad SMARTS) is 1. The normalized spacial score (nSPS) is 10.6. The van der Waals surface area contributed by atoms with E-state index in [9.17, 15) is 4.79 Å². The van der Waals surface area contributed by atoms with Crippen LogP contribution in [0.4, 0.5) is 0 Å². The van der Waals surface area contributed by atoms with Gasteiger partial charge in [-0.1, -0.05) is 24.3 Å². The number of hydrogen-bond donors (Lipinski definition) is 1. The molecular formula is C15H18N2O3. The Bertz CT molecular complexity index is 632. The molecule has 2 aromatic rings.